The Morgan fingerprint density at radius 1 is 1.39 bits per heavy atom. The first-order valence-corrected chi connectivity index (χ1v) is 7.39. The minimum atomic E-state index is -0.255. The molecule has 3 rings (SSSR count). The van der Waals surface area contributed by atoms with Crippen molar-refractivity contribution in [1.82, 2.24) is 29.8 Å². The minimum absolute atomic E-state index is 0.255. The fourth-order valence-electron chi connectivity index (χ4n) is 2.63. The molecule has 23 heavy (non-hydrogen) atoms. The average molecular weight is 313 g/mol. The topological polar surface area (TPSA) is 93.4 Å². The number of amides is 1. The Morgan fingerprint density at radius 2 is 2.17 bits per heavy atom. The Hall–Kier alpha value is -2.90. The summed E-state index contributed by atoms with van der Waals surface area (Å²) in [5, 5.41) is 18.3. The molecule has 3 heterocycles. The van der Waals surface area contributed by atoms with E-state index in [-0.39, 0.29) is 5.91 Å². The molecule has 0 spiro atoms. The predicted molar refractivity (Wildman–Crippen MR) is 86.1 cm³/mol. The number of aromatic amines is 1. The van der Waals surface area contributed by atoms with Gasteiger partial charge < -0.3 is 5.32 Å². The normalized spacial score (nSPS) is 11.0. The van der Waals surface area contributed by atoms with Gasteiger partial charge in [0, 0.05) is 31.0 Å². The van der Waals surface area contributed by atoms with Crippen molar-refractivity contribution in [1.29, 1.82) is 0 Å². The molecule has 0 aliphatic carbocycles. The van der Waals surface area contributed by atoms with Crippen LogP contribution in [0.4, 0.5) is 5.69 Å². The number of hydrogen-bond donors (Lipinski definition) is 2. The van der Waals surface area contributed by atoms with Crippen molar-refractivity contribution in [2.75, 3.05) is 5.32 Å². The van der Waals surface area contributed by atoms with E-state index in [9.17, 15) is 4.79 Å². The lowest BCUT2D eigenvalue weighted by molar-refractivity contribution is 0.102. The highest BCUT2D eigenvalue weighted by atomic mass is 16.1. The first-order chi connectivity index (χ1) is 11.0. The SMILES string of the molecule is CCn1nc(C)c(-c2cc(C(=O)Nc3cnn(C)c3)[nH]n2)c1C. The maximum absolute atomic E-state index is 12.3. The Kier molecular flexibility index (Phi) is 3.73. The fraction of sp³-hybridized carbons (Fsp3) is 0.333. The van der Waals surface area contributed by atoms with Gasteiger partial charge in [-0.15, -0.1) is 0 Å². The van der Waals surface area contributed by atoms with Crippen molar-refractivity contribution < 1.29 is 4.79 Å². The number of nitrogens with one attached hydrogen (secondary N) is 2. The zero-order valence-corrected chi connectivity index (χ0v) is 13.6. The van der Waals surface area contributed by atoms with Gasteiger partial charge in [0.25, 0.3) is 5.91 Å². The molecule has 1 amide bonds. The molecule has 8 heteroatoms. The molecular weight excluding hydrogens is 294 g/mol. The second-order valence-electron chi connectivity index (χ2n) is 5.39. The highest BCUT2D eigenvalue weighted by molar-refractivity contribution is 6.03. The number of aryl methyl sites for hydroxylation is 3. The van der Waals surface area contributed by atoms with Gasteiger partial charge in [0.1, 0.15) is 5.69 Å². The number of aromatic nitrogens is 6. The number of hydrogen-bond acceptors (Lipinski definition) is 4. The van der Waals surface area contributed by atoms with Crippen molar-refractivity contribution in [3.63, 3.8) is 0 Å². The lowest BCUT2D eigenvalue weighted by Gasteiger charge is -1.99. The van der Waals surface area contributed by atoms with Crippen molar-refractivity contribution in [3.8, 4) is 11.3 Å². The van der Waals surface area contributed by atoms with Crippen LogP contribution in [0.3, 0.4) is 0 Å². The second kappa shape index (κ2) is 5.71. The quantitative estimate of drug-likeness (QED) is 0.769. The third-order valence-electron chi connectivity index (χ3n) is 3.72. The average Bonchev–Trinajstić information content (AvgIpc) is 3.19. The van der Waals surface area contributed by atoms with E-state index in [1.165, 1.54) is 0 Å². The van der Waals surface area contributed by atoms with E-state index in [1.807, 2.05) is 25.5 Å². The van der Waals surface area contributed by atoms with E-state index < -0.39 is 0 Å². The largest absolute Gasteiger partial charge is 0.318 e. The smallest absolute Gasteiger partial charge is 0.273 e. The number of carbonyl (C=O) groups excluding carboxylic acids is 1. The number of nitrogens with zero attached hydrogens (tertiary/aromatic N) is 5. The van der Waals surface area contributed by atoms with Gasteiger partial charge in [-0.3, -0.25) is 19.3 Å². The van der Waals surface area contributed by atoms with Crippen LogP contribution in [0.2, 0.25) is 0 Å². The van der Waals surface area contributed by atoms with Crippen LogP contribution in [-0.4, -0.2) is 35.7 Å². The van der Waals surface area contributed by atoms with Crippen LogP contribution >= 0.6 is 0 Å². The summed E-state index contributed by atoms with van der Waals surface area (Å²) in [5.41, 5.74) is 4.65. The Labute approximate surface area is 133 Å². The minimum Gasteiger partial charge on any atom is -0.318 e. The zero-order valence-electron chi connectivity index (χ0n) is 13.6. The standard InChI is InChI=1S/C15H19N7O/c1-5-22-10(3)14(9(2)20-22)12-6-13(19-18-12)15(23)17-11-7-16-21(4)8-11/h6-8H,5H2,1-4H3,(H,17,23)(H,18,19). The van der Waals surface area contributed by atoms with Gasteiger partial charge in [-0.2, -0.15) is 15.3 Å². The molecule has 0 radical (unpaired) electrons. The van der Waals surface area contributed by atoms with Crippen molar-refractivity contribution in [2.45, 2.75) is 27.3 Å². The van der Waals surface area contributed by atoms with Crippen molar-refractivity contribution in [2.24, 2.45) is 7.05 Å². The van der Waals surface area contributed by atoms with Crippen LogP contribution in [0, 0.1) is 13.8 Å². The third-order valence-corrected chi connectivity index (χ3v) is 3.72. The van der Waals surface area contributed by atoms with Crippen molar-refractivity contribution in [3.05, 3.63) is 35.5 Å². The molecule has 0 aromatic carbocycles. The number of rotatable bonds is 4. The molecule has 0 unspecified atom stereocenters. The molecule has 3 aromatic rings. The molecule has 120 valence electrons. The molecule has 0 fully saturated rings. The second-order valence-corrected chi connectivity index (χ2v) is 5.39. The molecule has 8 nitrogen and oxygen atoms in total. The van der Waals surface area contributed by atoms with E-state index in [0.29, 0.717) is 11.4 Å². The van der Waals surface area contributed by atoms with Crippen LogP contribution in [0.25, 0.3) is 11.3 Å². The summed E-state index contributed by atoms with van der Waals surface area (Å²) in [7, 11) is 1.79. The molecule has 3 aromatic heterocycles. The maximum Gasteiger partial charge on any atom is 0.273 e. The molecule has 0 atom stereocenters. The van der Waals surface area contributed by atoms with Crippen molar-refractivity contribution >= 4 is 11.6 Å². The summed E-state index contributed by atoms with van der Waals surface area (Å²) < 4.78 is 3.55. The maximum atomic E-state index is 12.3. The number of anilines is 1. The van der Waals surface area contributed by atoms with Gasteiger partial charge in [0.05, 0.1) is 23.3 Å². The Bertz CT molecular complexity index is 855. The summed E-state index contributed by atoms with van der Waals surface area (Å²) in [6, 6.07) is 1.74. The van der Waals surface area contributed by atoms with Gasteiger partial charge in [-0.05, 0) is 26.8 Å². The molecule has 2 N–H and O–H groups in total. The summed E-state index contributed by atoms with van der Waals surface area (Å²) in [5.74, 6) is -0.255. The van der Waals surface area contributed by atoms with Gasteiger partial charge in [0.2, 0.25) is 0 Å². The molecule has 0 aliphatic heterocycles. The van der Waals surface area contributed by atoms with Crippen LogP contribution in [0.5, 0.6) is 0 Å². The Balaban J connectivity index is 1.86. The van der Waals surface area contributed by atoms with Crippen LogP contribution in [0.1, 0.15) is 28.8 Å². The first kappa shape index (κ1) is 15.0. The number of H-pyrrole nitrogens is 1. The van der Waals surface area contributed by atoms with E-state index in [1.54, 1.807) is 30.2 Å². The van der Waals surface area contributed by atoms with Gasteiger partial charge >= 0.3 is 0 Å². The summed E-state index contributed by atoms with van der Waals surface area (Å²) >= 11 is 0. The van der Waals surface area contributed by atoms with E-state index >= 15 is 0 Å². The van der Waals surface area contributed by atoms with E-state index in [0.717, 1.165) is 29.2 Å². The summed E-state index contributed by atoms with van der Waals surface area (Å²) in [6.07, 6.45) is 3.32. The van der Waals surface area contributed by atoms with E-state index in [4.69, 9.17) is 0 Å². The van der Waals surface area contributed by atoms with Crippen LogP contribution in [-0.2, 0) is 13.6 Å². The van der Waals surface area contributed by atoms with Gasteiger partial charge in [0.15, 0.2) is 0 Å². The lowest BCUT2D eigenvalue weighted by Crippen LogP contribution is -2.11. The fourth-order valence-corrected chi connectivity index (χ4v) is 2.63. The zero-order chi connectivity index (χ0) is 16.6. The predicted octanol–water partition coefficient (Wildman–Crippen LogP) is 1.90. The van der Waals surface area contributed by atoms with Crippen LogP contribution in [0.15, 0.2) is 18.5 Å². The van der Waals surface area contributed by atoms with Crippen LogP contribution < -0.4 is 5.32 Å². The summed E-state index contributed by atoms with van der Waals surface area (Å²) in [6.45, 7) is 6.79. The summed E-state index contributed by atoms with van der Waals surface area (Å²) in [4.78, 5) is 12.3. The molecule has 0 saturated heterocycles. The lowest BCUT2D eigenvalue weighted by atomic mass is 10.1. The van der Waals surface area contributed by atoms with Gasteiger partial charge in [-0.25, -0.2) is 0 Å². The molecule has 0 saturated carbocycles. The number of carbonyl (C=O) groups is 1. The monoisotopic (exact) mass is 313 g/mol. The molecule has 0 bridgehead atoms. The Morgan fingerprint density at radius 3 is 2.78 bits per heavy atom. The highest BCUT2D eigenvalue weighted by Crippen LogP contribution is 2.25. The van der Waals surface area contributed by atoms with E-state index in [2.05, 4.69) is 25.7 Å². The molecule has 0 aliphatic rings. The molecular formula is C15H19N7O. The van der Waals surface area contributed by atoms with Gasteiger partial charge in [-0.1, -0.05) is 0 Å². The highest BCUT2D eigenvalue weighted by Gasteiger charge is 2.18. The third kappa shape index (κ3) is 2.75. The first-order valence-electron chi connectivity index (χ1n) is 7.39.